The molecule has 2 heterocycles. The van der Waals surface area contributed by atoms with Crippen molar-refractivity contribution in [1.82, 2.24) is 9.55 Å². The Morgan fingerprint density at radius 1 is 0.974 bits per heavy atom. The first kappa shape index (κ1) is 27.4. The topological polar surface area (TPSA) is 103 Å². The maximum atomic E-state index is 12.7. The van der Waals surface area contributed by atoms with Gasteiger partial charge in [0.25, 0.3) is 10.0 Å². The standard InChI is InChI=1S/C29H31N3O5S2/c1-20-26(19-38-29-30-16-17-32(29)2)36-28(37-27(20)22-10-8-21(18-33)9-11-22)23-12-14-24(15-13-23)31-39(34,35)25-6-4-3-5-7-25/h3-17,20,26-28,31,33H,18-19H2,1-2H3/t20-,26+,27+,28+/m0/s1. The summed E-state index contributed by atoms with van der Waals surface area (Å²) in [5.41, 5.74) is 3.08. The van der Waals surface area contributed by atoms with E-state index in [1.54, 1.807) is 60.4 Å². The SMILES string of the molecule is C[C@H]1[C@@H](CSc2nccn2C)O[C@@H](c2ccc(NS(=O)(=O)c3ccccc3)cc2)O[C@H]1c1ccc(CO)cc1. The molecule has 204 valence electrons. The van der Waals surface area contributed by atoms with Gasteiger partial charge in [0.05, 0.1) is 23.7 Å². The number of nitrogens with zero attached hydrogens (tertiary/aromatic N) is 2. The lowest BCUT2D eigenvalue weighted by atomic mass is 9.91. The Labute approximate surface area is 233 Å². The van der Waals surface area contributed by atoms with E-state index in [1.165, 1.54) is 0 Å². The molecule has 2 N–H and O–H groups in total. The van der Waals surface area contributed by atoms with Crippen molar-refractivity contribution in [3.05, 3.63) is 108 Å². The molecule has 0 bridgehead atoms. The molecular weight excluding hydrogens is 534 g/mol. The van der Waals surface area contributed by atoms with E-state index in [0.29, 0.717) is 11.4 Å². The van der Waals surface area contributed by atoms with Gasteiger partial charge in [0.1, 0.15) is 0 Å². The maximum Gasteiger partial charge on any atom is 0.261 e. The number of aromatic nitrogens is 2. The van der Waals surface area contributed by atoms with Gasteiger partial charge in [-0.3, -0.25) is 4.72 Å². The first-order valence-electron chi connectivity index (χ1n) is 12.6. The second-order valence-corrected chi connectivity index (χ2v) is 12.2. The number of aryl methyl sites for hydroxylation is 1. The van der Waals surface area contributed by atoms with Gasteiger partial charge < -0.3 is 19.1 Å². The number of sulfonamides is 1. The summed E-state index contributed by atoms with van der Waals surface area (Å²) in [5, 5.41) is 10.4. The van der Waals surface area contributed by atoms with Gasteiger partial charge >= 0.3 is 0 Å². The van der Waals surface area contributed by atoms with Gasteiger partial charge in [-0.05, 0) is 35.4 Å². The summed E-state index contributed by atoms with van der Waals surface area (Å²) in [6.07, 6.45) is 2.68. The zero-order chi connectivity index (χ0) is 27.4. The molecule has 4 atom stereocenters. The number of rotatable bonds is 9. The van der Waals surface area contributed by atoms with Crippen molar-refractivity contribution in [2.75, 3.05) is 10.5 Å². The first-order chi connectivity index (χ1) is 18.8. The molecule has 1 aromatic heterocycles. The van der Waals surface area contributed by atoms with Crippen molar-refractivity contribution in [3.63, 3.8) is 0 Å². The fraction of sp³-hybridized carbons (Fsp3) is 0.276. The molecule has 5 rings (SSSR count). The number of benzene rings is 3. The van der Waals surface area contributed by atoms with Gasteiger partial charge in [-0.15, -0.1) is 0 Å². The minimum Gasteiger partial charge on any atom is -0.392 e. The van der Waals surface area contributed by atoms with Crippen LogP contribution in [0.5, 0.6) is 0 Å². The number of aliphatic hydroxyl groups excluding tert-OH is 1. The Morgan fingerprint density at radius 3 is 2.31 bits per heavy atom. The number of anilines is 1. The van der Waals surface area contributed by atoms with Crippen LogP contribution in [0.1, 0.15) is 36.0 Å². The fourth-order valence-electron chi connectivity index (χ4n) is 4.48. The fourth-order valence-corrected chi connectivity index (χ4v) is 6.65. The van der Waals surface area contributed by atoms with Crippen LogP contribution < -0.4 is 4.72 Å². The first-order valence-corrected chi connectivity index (χ1v) is 15.1. The quantitative estimate of drug-likeness (QED) is 0.266. The van der Waals surface area contributed by atoms with Crippen LogP contribution in [-0.2, 0) is 33.2 Å². The maximum absolute atomic E-state index is 12.7. The molecule has 0 saturated carbocycles. The molecule has 0 aliphatic carbocycles. The lowest BCUT2D eigenvalue weighted by Gasteiger charge is -2.41. The van der Waals surface area contributed by atoms with E-state index < -0.39 is 16.3 Å². The van der Waals surface area contributed by atoms with E-state index in [1.807, 2.05) is 54.2 Å². The van der Waals surface area contributed by atoms with Crippen molar-refractivity contribution < 1.29 is 23.0 Å². The van der Waals surface area contributed by atoms with Crippen LogP contribution in [0.25, 0.3) is 0 Å². The molecule has 3 aromatic carbocycles. The second kappa shape index (κ2) is 11.9. The smallest absolute Gasteiger partial charge is 0.261 e. The summed E-state index contributed by atoms with van der Waals surface area (Å²) < 4.78 is 43.0. The molecule has 1 saturated heterocycles. The minimum absolute atomic E-state index is 0.0175. The van der Waals surface area contributed by atoms with Gasteiger partial charge in [-0.1, -0.05) is 73.3 Å². The van der Waals surface area contributed by atoms with Crippen molar-refractivity contribution >= 4 is 27.5 Å². The van der Waals surface area contributed by atoms with Crippen LogP contribution in [0.3, 0.4) is 0 Å². The van der Waals surface area contributed by atoms with Gasteiger partial charge in [0, 0.05) is 42.4 Å². The highest BCUT2D eigenvalue weighted by molar-refractivity contribution is 7.99. The van der Waals surface area contributed by atoms with Gasteiger partial charge in [0.2, 0.25) is 0 Å². The van der Waals surface area contributed by atoms with E-state index in [-0.39, 0.29) is 29.6 Å². The van der Waals surface area contributed by atoms with E-state index in [4.69, 9.17) is 9.47 Å². The Morgan fingerprint density at radius 2 is 1.67 bits per heavy atom. The summed E-state index contributed by atoms with van der Waals surface area (Å²) in [7, 11) is -1.73. The normalized spacial score (nSPS) is 21.5. The Balaban J connectivity index is 1.36. The third-order valence-corrected chi connectivity index (χ3v) is 9.31. The summed E-state index contributed by atoms with van der Waals surface area (Å²) in [5.74, 6) is 0.734. The van der Waals surface area contributed by atoms with E-state index in [9.17, 15) is 13.5 Å². The number of nitrogens with one attached hydrogen (secondary N) is 1. The zero-order valence-electron chi connectivity index (χ0n) is 21.7. The average Bonchev–Trinajstić information content (AvgIpc) is 3.37. The van der Waals surface area contributed by atoms with Crippen LogP contribution in [0.15, 0.2) is 101 Å². The van der Waals surface area contributed by atoms with E-state index in [2.05, 4.69) is 16.6 Å². The summed E-state index contributed by atoms with van der Waals surface area (Å²) in [4.78, 5) is 4.62. The molecule has 0 radical (unpaired) electrons. The second-order valence-electron chi connectivity index (χ2n) is 9.49. The van der Waals surface area contributed by atoms with E-state index in [0.717, 1.165) is 21.8 Å². The Bertz CT molecular complexity index is 1480. The van der Waals surface area contributed by atoms with Crippen LogP contribution in [0, 0.1) is 5.92 Å². The number of aliphatic hydroxyl groups is 1. The molecule has 1 fully saturated rings. The highest BCUT2D eigenvalue weighted by atomic mass is 32.2. The zero-order valence-corrected chi connectivity index (χ0v) is 23.3. The van der Waals surface area contributed by atoms with Crippen molar-refractivity contribution in [2.45, 2.75) is 42.1 Å². The average molecular weight is 566 g/mol. The monoisotopic (exact) mass is 565 g/mol. The number of thioether (sulfide) groups is 1. The molecule has 0 amide bonds. The van der Waals surface area contributed by atoms with Gasteiger partial charge in [0.15, 0.2) is 11.4 Å². The highest BCUT2D eigenvalue weighted by Gasteiger charge is 2.38. The van der Waals surface area contributed by atoms with Crippen LogP contribution in [0.2, 0.25) is 0 Å². The van der Waals surface area contributed by atoms with Crippen LogP contribution >= 0.6 is 11.8 Å². The van der Waals surface area contributed by atoms with Crippen LogP contribution in [-0.4, -0.2) is 34.9 Å². The lowest BCUT2D eigenvalue weighted by molar-refractivity contribution is -0.268. The molecule has 39 heavy (non-hydrogen) atoms. The summed E-state index contributed by atoms with van der Waals surface area (Å²) in [6, 6.07) is 23.1. The summed E-state index contributed by atoms with van der Waals surface area (Å²) in [6.45, 7) is 2.10. The van der Waals surface area contributed by atoms with Crippen molar-refractivity contribution in [3.8, 4) is 0 Å². The van der Waals surface area contributed by atoms with Crippen LogP contribution in [0.4, 0.5) is 5.69 Å². The number of hydrogen-bond acceptors (Lipinski definition) is 7. The molecular formula is C29H31N3O5S2. The molecule has 0 spiro atoms. The number of imidazole rings is 1. The molecule has 1 aliphatic heterocycles. The molecule has 1 aliphatic rings. The number of hydrogen-bond donors (Lipinski definition) is 2. The van der Waals surface area contributed by atoms with Crippen molar-refractivity contribution in [1.29, 1.82) is 0 Å². The highest BCUT2D eigenvalue weighted by Crippen LogP contribution is 2.43. The lowest BCUT2D eigenvalue weighted by Crippen LogP contribution is -2.38. The number of ether oxygens (including phenoxy) is 2. The Kier molecular flexibility index (Phi) is 8.39. The van der Waals surface area contributed by atoms with Gasteiger partial charge in [-0.2, -0.15) is 0 Å². The van der Waals surface area contributed by atoms with Crippen molar-refractivity contribution in [2.24, 2.45) is 13.0 Å². The molecule has 4 aromatic rings. The third-order valence-electron chi connectivity index (χ3n) is 6.77. The molecule has 0 unspecified atom stereocenters. The minimum atomic E-state index is -3.69. The van der Waals surface area contributed by atoms with Gasteiger partial charge in [-0.25, -0.2) is 13.4 Å². The molecule has 8 nitrogen and oxygen atoms in total. The summed E-state index contributed by atoms with van der Waals surface area (Å²) >= 11 is 1.63. The third kappa shape index (κ3) is 6.37. The Hall–Kier alpha value is -3.15. The largest absolute Gasteiger partial charge is 0.392 e. The molecule has 10 heteroatoms. The van der Waals surface area contributed by atoms with E-state index >= 15 is 0 Å². The predicted octanol–water partition coefficient (Wildman–Crippen LogP) is 5.30. The predicted molar refractivity (Wildman–Crippen MR) is 151 cm³/mol.